The third-order valence-corrected chi connectivity index (χ3v) is 2.58. The Balaban J connectivity index is 2.78. The van der Waals surface area contributed by atoms with Gasteiger partial charge < -0.3 is 15.7 Å². The minimum Gasteiger partial charge on any atom is -0.395 e. The lowest BCUT2D eigenvalue weighted by molar-refractivity contribution is -0.136. The molecule has 2 amide bonds. The Morgan fingerprint density at radius 2 is 2.00 bits per heavy atom. The van der Waals surface area contributed by atoms with Crippen LogP contribution in [-0.2, 0) is 16.0 Å². The maximum atomic E-state index is 11.6. The van der Waals surface area contributed by atoms with Gasteiger partial charge in [0.25, 0.3) is 0 Å². The molecule has 1 rings (SSSR count). The number of benzene rings is 1. The van der Waals surface area contributed by atoms with Crippen LogP contribution in [0.4, 0.5) is 5.69 Å². The van der Waals surface area contributed by atoms with Crippen LogP contribution in [-0.4, -0.2) is 30.1 Å². The van der Waals surface area contributed by atoms with Crippen LogP contribution in [0.2, 0.25) is 0 Å². The van der Waals surface area contributed by atoms with Crippen molar-refractivity contribution in [3.05, 3.63) is 29.3 Å². The molecule has 1 aromatic rings. The lowest BCUT2D eigenvalue weighted by Gasteiger charge is -2.12. The Labute approximate surface area is 106 Å². The first-order valence-corrected chi connectivity index (χ1v) is 5.88. The van der Waals surface area contributed by atoms with Crippen molar-refractivity contribution in [2.75, 3.05) is 18.5 Å². The van der Waals surface area contributed by atoms with Gasteiger partial charge in [0.05, 0.1) is 6.61 Å². The molecule has 1 aromatic carbocycles. The molecule has 0 radical (unpaired) electrons. The van der Waals surface area contributed by atoms with Gasteiger partial charge in [-0.05, 0) is 24.5 Å². The molecule has 0 fully saturated rings. The van der Waals surface area contributed by atoms with Gasteiger partial charge in [0.1, 0.15) is 0 Å². The molecule has 18 heavy (non-hydrogen) atoms. The average Bonchev–Trinajstić information content (AvgIpc) is 2.38. The number of carbonyl (C=O) groups is 2. The quantitative estimate of drug-likeness (QED) is 0.685. The van der Waals surface area contributed by atoms with Crippen molar-refractivity contribution in [1.29, 1.82) is 0 Å². The second-order valence-corrected chi connectivity index (χ2v) is 3.90. The highest BCUT2D eigenvalue weighted by molar-refractivity contribution is 6.39. The highest BCUT2D eigenvalue weighted by Crippen LogP contribution is 2.20. The maximum Gasteiger partial charge on any atom is 0.313 e. The Morgan fingerprint density at radius 3 is 2.61 bits per heavy atom. The zero-order chi connectivity index (χ0) is 13.5. The van der Waals surface area contributed by atoms with Gasteiger partial charge in [0.15, 0.2) is 0 Å². The maximum absolute atomic E-state index is 11.6. The summed E-state index contributed by atoms with van der Waals surface area (Å²) in [5.41, 5.74) is 2.58. The minimum atomic E-state index is -0.741. The van der Waals surface area contributed by atoms with Crippen LogP contribution >= 0.6 is 0 Å². The van der Waals surface area contributed by atoms with Crippen molar-refractivity contribution in [2.45, 2.75) is 20.3 Å². The first kappa shape index (κ1) is 14.2. The lowest BCUT2D eigenvalue weighted by Crippen LogP contribution is -2.37. The SMILES string of the molecule is CCc1cccc(C)c1NC(=O)C(=O)NCCO. The van der Waals surface area contributed by atoms with Gasteiger partial charge in [0.2, 0.25) is 0 Å². The average molecular weight is 250 g/mol. The van der Waals surface area contributed by atoms with Crippen LogP contribution in [0, 0.1) is 6.92 Å². The van der Waals surface area contributed by atoms with Crippen LogP contribution in [0.1, 0.15) is 18.1 Å². The van der Waals surface area contributed by atoms with Crippen molar-refractivity contribution in [2.24, 2.45) is 0 Å². The number of anilines is 1. The van der Waals surface area contributed by atoms with Gasteiger partial charge >= 0.3 is 11.8 Å². The summed E-state index contributed by atoms with van der Waals surface area (Å²) in [5, 5.41) is 13.5. The number of carbonyl (C=O) groups excluding carboxylic acids is 2. The van der Waals surface area contributed by atoms with Gasteiger partial charge in [0, 0.05) is 12.2 Å². The summed E-state index contributed by atoms with van der Waals surface area (Å²) in [4.78, 5) is 23.0. The predicted octanol–water partition coefficient (Wildman–Crippen LogP) is 0.604. The van der Waals surface area contributed by atoms with Crippen LogP contribution in [0.5, 0.6) is 0 Å². The van der Waals surface area contributed by atoms with Crippen LogP contribution in [0.3, 0.4) is 0 Å². The van der Waals surface area contributed by atoms with E-state index >= 15 is 0 Å². The van der Waals surface area contributed by atoms with E-state index in [-0.39, 0.29) is 13.2 Å². The molecule has 3 N–H and O–H groups in total. The third-order valence-electron chi connectivity index (χ3n) is 2.58. The first-order valence-electron chi connectivity index (χ1n) is 5.88. The van der Waals surface area contributed by atoms with Crippen LogP contribution in [0.15, 0.2) is 18.2 Å². The summed E-state index contributed by atoms with van der Waals surface area (Å²) in [7, 11) is 0. The molecule has 0 bridgehead atoms. The van der Waals surface area contributed by atoms with Gasteiger partial charge in [-0.25, -0.2) is 0 Å². The van der Waals surface area contributed by atoms with E-state index in [9.17, 15) is 9.59 Å². The Kier molecular flexibility index (Phi) is 5.32. The van der Waals surface area contributed by atoms with Gasteiger partial charge in [-0.1, -0.05) is 25.1 Å². The summed E-state index contributed by atoms with van der Waals surface area (Å²) in [5.74, 6) is -1.46. The van der Waals surface area contributed by atoms with Crippen molar-refractivity contribution in [3.8, 4) is 0 Å². The number of aliphatic hydroxyl groups excluding tert-OH is 1. The van der Waals surface area contributed by atoms with E-state index in [4.69, 9.17) is 5.11 Å². The number of aliphatic hydroxyl groups is 1. The van der Waals surface area contributed by atoms with E-state index in [0.29, 0.717) is 5.69 Å². The molecule has 0 spiro atoms. The molecule has 0 saturated heterocycles. The Bertz CT molecular complexity index is 444. The number of aryl methyl sites for hydroxylation is 2. The molecule has 0 aliphatic rings. The number of para-hydroxylation sites is 1. The molecule has 0 aliphatic heterocycles. The van der Waals surface area contributed by atoms with Crippen molar-refractivity contribution >= 4 is 17.5 Å². The largest absolute Gasteiger partial charge is 0.395 e. The fourth-order valence-corrected chi connectivity index (χ4v) is 1.62. The van der Waals surface area contributed by atoms with E-state index in [1.54, 1.807) is 0 Å². The fourth-order valence-electron chi connectivity index (χ4n) is 1.62. The molecule has 0 atom stereocenters. The number of hydrogen-bond donors (Lipinski definition) is 3. The minimum absolute atomic E-state index is 0.0701. The van der Waals surface area contributed by atoms with E-state index in [2.05, 4.69) is 10.6 Å². The number of hydrogen-bond acceptors (Lipinski definition) is 3. The predicted molar refractivity (Wildman–Crippen MR) is 69.3 cm³/mol. The van der Waals surface area contributed by atoms with Crippen LogP contribution < -0.4 is 10.6 Å². The molecular weight excluding hydrogens is 232 g/mol. The molecule has 5 heteroatoms. The molecule has 0 unspecified atom stereocenters. The van der Waals surface area contributed by atoms with Gasteiger partial charge in [-0.15, -0.1) is 0 Å². The summed E-state index contributed by atoms with van der Waals surface area (Å²) in [6, 6.07) is 5.70. The summed E-state index contributed by atoms with van der Waals surface area (Å²) < 4.78 is 0. The number of amides is 2. The monoisotopic (exact) mass is 250 g/mol. The fraction of sp³-hybridized carbons (Fsp3) is 0.385. The summed E-state index contributed by atoms with van der Waals surface area (Å²) in [6.45, 7) is 3.74. The van der Waals surface area contributed by atoms with Gasteiger partial charge in [-0.2, -0.15) is 0 Å². The van der Waals surface area contributed by atoms with Crippen molar-refractivity contribution < 1.29 is 14.7 Å². The second kappa shape index (κ2) is 6.76. The van der Waals surface area contributed by atoms with Crippen molar-refractivity contribution in [1.82, 2.24) is 5.32 Å². The van der Waals surface area contributed by atoms with Crippen LogP contribution in [0.25, 0.3) is 0 Å². The molecule has 5 nitrogen and oxygen atoms in total. The van der Waals surface area contributed by atoms with Crippen molar-refractivity contribution in [3.63, 3.8) is 0 Å². The molecule has 0 aliphatic carbocycles. The van der Waals surface area contributed by atoms with Gasteiger partial charge in [-0.3, -0.25) is 9.59 Å². The molecule has 0 heterocycles. The second-order valence-electron chi connectivity index (χ2n) is 3.90. The molecular formula is C13H18N2O3. The molecule has 0 aromatic heterocycles. The topological polar surface area (TPSA) is 78.4 Å². The number of rotatable bonds is 4. The third kappa shape index (κ3) is 3.56. The Morgan fingerprint density at radius 1 is 1.28 bits per heavy atom. The number of nitrogens with one attached hydrogen (secondary N) is 2. The summed E-state index contributed by atoms with van der Waals surface area (Å²) >= 11 is 0. The Hall–Kier alpha value is -1.88. The molecule has 0 saturated carbocycles. The van der Waals surface area contributed by atoms with E-state index < -0.39 is 11.8 Å². The van der Waals surface area contributed by atoms with E-state index in [1.807, 2.05) is 32.0 Å². The smallest absolute Gasteiger partial charge is 0.313 e. The zero-order valence-electron chi connectivity index (χ0n) is 10.6. The summed E-state index contributed by atoms with van der Waals surface area (Å²) in [6.07, 6.45) is 0.773. The highest BCUT2D eigenvalue weighted by atomic mass is 16.3. The normalized spacial score (nSPS) is 9.94. The first-order chi connectivity index (χ1) is 8.60. The van der Waals surface area contributed by atoms with E-state index in [0.717, 1.165) is 17.5 Å². The molecule has 98 valence electrons. The zero-order valence-corrected chi connectivity index (χ0v) is 10.6. The highest BCUT2D eigenvalue weighted by Gasteiger charge is 2.15. The standard InChI is InChI=1S/C13H18N2O3/c1-3-10-6-4-5-9(2)11(10)15-13(18)12(17)14-7-8-16/h4-6,16H,3,7-8H2,1-2H3,(H,14,17)(H,15,18). The lowest BCUT2D eigenvalue weighted by atomic mass is 10.1. The van der Waals surface area contributed by atoms with E-state index in [1.165, 1.54) is 0 Å².